The number of halogens is 1. The number of nitrogens with zero attached hydrogens (tertiary/aromatic N) is 1. The lowest BCUT2D eigenvalue weighted by Gasteiger charge is -2.32. The predicted octanol–water partition coefficient (Wildman–Crippen LogP) is 2.80. The molecule has 0 aromatic heterocycles. The second kappa shape index (κ2) is 5.82. The van der Waals surface area contributed by atoms with Crippen LogP contribution in [0.3, 0.4) is 0 Å². The number of amides is 1. The molecule has 0 aliphatic carbocycles. The molecule has 21 heavy (non-hydrogen) atoms. The van der Waals surface area contributed by atoms with Crippen LogP contribution < -0.4 is 5.32 Å². The largest absolute Gasteiger partial charge is 0.337 e. The van der Waals surface area contributed by atoms with Crippen molar-refractivity contribution in [1.29, 1.82) is 0 Å². The Morgan fingerprint density at radius 1 is 1.24 bits per heavy atom. The summed E-state index contributed by atoms with van der Waals surface area (Å²) >= 11 is 0. The van der Waals surface area contributed by atoms with Gasteiger partial charge in [-0.15, -0.1) is 0 Å². The van der Waals surface area contributed by atoms with E-state index in [-0.39, 0.29) is 11.7 Å². The zero-order valence-corrected chi connectivity index (χ0v) is 12.1. The minimum atomic E-state index is -0.283. The summed E-state index contributed by atoms with van der Waals surface area (Å²) in [4.78, 5) is 14.6. The molecule has 0 saturated carbocycles. The summed E-state index contributed by atoms with van der Waals surface area (Å²) in [6.07, 6.45) is 2.08. The van der Waals surface area contributed by atoms with E-state index in [2.05, 4.69) is 5.32 Å². The van der Waals surface area contributed by atoms with Gasteiger partial charge in [-0.05, 0) is 37.4 Å². The van der Waals surface area contributed by atoms with Crippen molar-refractivity contribution in [3.05, 3.63) is 47.8 Å². The summed E-state index contributed by atoms with van der Waals surface area (Å²) in [5, 5.41) is 4.43. The number of carbonyl (C=O) groups excluding carboxylic acids is 1. The summed E-state index contributed by atoms with van der Waals surface area (Å²) in [6, 6.07) is 10.5. The minimum absolute atomic E-state index is 0.00819. The predicted molar refractivity (Wildman–Crippen MR) is 81.9 cm³/mol. The Morgan fingerprint density at radius 2 is 2.00 bits per heavy atom. The number of rotatable bonds is 2. The molecule has 1 saturated heterocycles. The highest BCUT2D eigenvalue weighted by Gasteiger charge is 2.24. The molecule has 0 spiro atoms. The van der Waals surface area contributed by atoms with Crippen molar-refractivity contribution in [2.75, 3.05) is 20.1 Å². The van der Waals surface area contributed by atoms with Crippen LogP contribution in [0.25, 0.3) is 10.8 Å². The van der Waals surface area contributed by atoms with E-state index in [0.29, 0.717) is 28.9 Å². The van der Waals surface area contributed by atoms with Gasteiger partial charge in [-0.2, -0.15) is 0 Å². The minimum Gasteiger partial charge on any atom is -0.337 e. The average molecular weight is 286 g/mol. The Bertz CT molecular complexity index is 671. The van der Waals surface area contributed by atoms with E-state index in [4.69, 9.17) is 0 Å². The molecule has 1 aliphatic heterocycles. The van der Waals surface area contributed by atoms with Crippen LogP contribution in [0.15, 0.2) is 36.4 Å². The Balaban J connectivity index is 1.96. The van der Waals surface area contributed by atoms with Crippen molar-refractivity contribution >= 4 is 16.7 Å². The first-order chi connectivity index (χ1) is 10.2. The number of hydrogen-bond donors (Lipinski definition) is 1. The van der Waals surface area contributed by atoms with Crippen LogP contribution in [-0.2, 0) is 0 Å². The van der Waals surface area contributed by atoms with Crippen LogP contribution in [0.1, 0.15) is 23.2 Å². The van der Waals surface area contributed by atoms with E-state index in [9.17, 15) is 9.18 Å². The standard InChI is InChI=1S/C17H19FN2O/c1-19-12-5-4-10-20(11-12)17(21)15-8-9-16(18)14-7-3-2-6-13(14)15/h2-3,6-9,12,19H,4-5,10-11H2,1H3. The summed E-state index contributed by atoms with van der Waals surface area (Å²) in [7, 11) is 1.92. The first-order valence-corrected chi connectivity index (χ1v) is 7.34. The zero-order chi connectivity index (χ0) is 14.8. The smallest absolute Gasteiger partial charge is 0.254 e. The SMILES string of the molecule is CNC1CCCN(C(=O)c2ccc(F)c3ccccc23)C1. The van der Waals surface area contributed by atoms with Gasteiger partial charge in [-0.1, -0.05) is 24.3 Å². The molecular weight excluding hydrogens is 267 g/mol. The Kier molecular flexibility index (Phi) is 3.88. The molecule has 1 N–H and O–H groups in total. The molecule has 1 amide bonds. The second-order valence-corrected chi connectivity index (χ2v) is 5.52. The van der Waals surface area contributed by atoms with Gasteiger partial charge in [0.25, 0.3) is 5.91 Å². The van der Waals surface area contributed by atoms with E-state index in [0.717, 1.165) is 19.4 Å². The topological polar surface area (TPSA) is 32.3 Å². The number of carbonyl (C=O) groups is 1. The van der Waals surface area contributed by atoms with Crippen molar-refractivity contribution in [3.8, 4) is 0 Å². The lowest BCUT2D eigenvalue weighted by Crippen LogP contribution is -2.47. The number of hydrogen-bond acceptors (Lipinski definition) is 2. The third kappa shape index (κ3) is 2.63. The highest BCUT2D eigenvalue weighted by atomic mass is 19.1. The fourth-order valence-electron chi connectivity index (χ4n) is 3.02. The fourth-order valence-corrected chi connectivity index (χ4v) is 3.02. The van der Waals surface area contributed by atoms with Gasteiger partial charge in [0.1, 0.15) is 5.82 Å². The van der Waals surface area contributed by atoms with Crippen LogP contribution >= 0.6 is 0 Å². The van der Waals surface area contributed by atoms with Gasteiger partial charge in [0.05, 0.1) is 0 Å². The van der Waals surface area contributed by atoms with Gasteiger partial charge in [0.2, 0.25) is 0 Å². The summed E-state index contributed by atoms with van der Waals surface area (Å²) in [6.45, 7) is 1.48. The monoisotopic (exact) mass is 286 g/mol. The van der Waals surface area contributed by atoms with Gasteiger partial charge < -0.3 is 10.2 Å². The molecule has 3 rings (SSSR count). The zero-order valence-electron chi connectivity index (χ0n) is 12.1. The van der Waals surface area contributed by atoms with Crippen molar-refractivity contribution in [2.45, 2.75) is 18.9 Å². The lowest BCUT2D eigenvalue weighted by molar-refractivity contribution is 0.0700. The van der Waals surface area contributed by atoms with E-state index < -0.39 is 0 Å². The number of likely N-dealkylation sites (N-methyl/N-ethyl adjacent to an activating group) is 1. The molecule has 1 atom stereocenters. The average Bonchev–Trinajstić information content (AvgIpc) is 2.55. The molecule has 3 nitrogen and oxygen atoms in total. The second-order valence-electron chi connectivity index (χ2n) is 5.52. The molecule has 1 heterocycles. The fraction of sp³-hybridized carbons (Fsp3) is 0.353. The van der Waals surface area contributed by atoms with Gasteiger partial charge in [0.15, 0.2) is 0 Å². The lowest BCUT2D eigenvalue weighted by atomic mass is 10.0. The maximum absolute atomic E-state index is 13.9. The van der Waals surface area contributed by atoms with Crippen molar-refractivity contribution in [2.24, 2.45) is 0 Å². The first-order valence-electron chi connectivity index (χ1n) is 7.34. The molecule has 1 fully saturated rings. The Morgan fingerprint density at radius 3 is 2.76 bits per heavy atom. The highest BCUT2D eigenvalue weighted by molar-refractivity contribution is 6.07. The normalized spacial score (nSPS) is 19.0. The highest BCUT2D eigenvalue weighted by Crippen LogP contribution is 2.24. The van der Waals surface area contributed by atoms with Crippen LogP contribution in [0, 0.1) is 5.82 Å². The van der Waals surface area contributed by atoms with Crippen molar-refractivity contribution < 1.29 is 9.18 Å². The number of fused-ring (bicyclic) bond motifs is 1. The molecule has 0 radical (unpaired) electrons. The van der Waals surface area contributed by atoms with E-state index in [1.165, 1.54) is 6.07 Å². The van der Waals surface area contributed by atoms with Gasteiger partial charge in [-0.3, -0.25) is 4.79 Å². The number of nitrogens with one attached hydrogen (secondary N) is 1. The van der Waals surface area contributed by atoms with Gasteiger partial charge in [0, 0.05) is 30.1 Å². The maximum atomic E-state index is 13.9. The van der Waals surface area contributed by atoms with Crippen LogP contribution in [-0.4, -0.2) is 37.0 Å². The Labute approximate surface area is 123 Å². The van der Waals surface area contributed by atoms with Crippen LogP contribution in [0.2, 0.25) is 0 Å². The summed E-state index contributed by atoms with van der Waals surface area (Å²) < 4.78 is 13.9. The van der Waals surface area contributed by atoms with Crippen LogP contribution in [0.5, 0.6) is 0 Å². The van der Waals surface area contributed by atoms with E-state index in [1.807, 2.05) is 24.1 Å². The van der Waals surface area contributed by atoms with E-state index >= 15 is 0 Å². The van der Waals surface area contributed by atoms with E-state index in [1.54, 1.807) is 18.2 Å². The number of piperidine rings is 1. The third-order valence-electron chi connectivity index (χ3n) is 4.22. The molecule has 110 valence electrons. The molecule has 0 bridgehead atoms. The summed E-state index contributed by atoms with van der Waals surface area (Å²) in [5.74, 6) is -0.292. The van der Waals surface area contributed by atoms with Crippen molar-refractivity contribution in [1.82, 2.24) is 10.2 Å². The number of benzene rings is 2. The molecule has 1 aliphatic rings. The molecule has 4 heteroatoms. The first kappa shape index (κ1) is 14.0. The molecule has 2 aromatic rings. The Hall–Kier alpha value is -1.94. The van der Waals surface area contributed by atoms with Crippen molar-refractivity contribution in [3.63, 3.8) is 0 Å². The van der Waals surface area contributed by atoms with Gasteiger partial charge in [-0.25, -0.2) is 4.39 Å². The third-order valence-corrected chi connectivity index (χ3v) is 4.22. The van der Waals surface area contributed by atoms with Gasteiger partial charge >= 0.3 is 0 Å². The quantitative estimate of drug-likeness (QED) is 0.920. The molecule has 1 unspecified atom stereocenters. The van der Waals surface area contributed by atoms with Crippen LogP contribution in [0.4, 0.5) is 4.39 Å². The number of likely N-dealkylation sites (tertiary alicyclic amines) is 1. The maximum Gasteiger partial charge on any atom is 0.254 e. The summed E-state index contributed by atoms with van der Waals surface area (Å²) in [5.41, 5.74) is 0.587. The molecule has 2 aromatic carbocycles. The molecular formula is C17H19FN2O.